The van der Waals surface area contributed by atoms with Crippen LogP contribution in [0.2, 0.25) is 0 Å². The summed E-state index contributed by atoms with van der Waals surface area (Å²) in [6, 6.07) is 0. The normalized spacial score (nSPS) is 10.9. The molecule has 0 spiro atoms. The number of aryl methyl sites for hydroxylation is 1. The number of benzene rings is 1. The number of carbonyl (C=O) groups is 1. The minimum atomic E-state index is -2.28. The zero-order chi connectivity index (χ0) is 17.3. The molecule has 0 fully saturated rings. The standard InChI is InChI=1S/C13H9F5IN3O/c1-5-6(19)4-20-22(5)3-2-7(23)21-13-11(17)9(15)8(14)10(16)12(13)18/h4H,2-3H2,1H3,(H,21,23). The van der Waals surface area contributed by atoms with Gasteiger partial charge < -0.3 is 5.32 Å². The van der Waals surface area contributed by atoms with Gasteiger partial charge in [-0.2, -0.15) is 5.10 Å². The van der Waals surface area contributed by atoms with Gasteiger partial charge in [0.15, 0.2) is 23.3 Å². The highest BCUT2D eigenvalue weighted by molar-refractivity contribution is 14.1. The molecule has 1 amide bonds. The van der Waals surface area contributed by atoms with E-state index >= 15 is 0 Å². The number of amides is 1. The second-order valence-electron chi connectivity index (χ2n) is 4.54. The Labute approximate surface area is 140 Å². The third-order valence-electron chi connectivity index (χ3n) is 3.07. The fraction of sp³-hybridized carbons (Fsp3) is 0.231. The van der Waals surface area contributed by atoms with Gasteiger partial charge in [-0.05, 0) is 29.5 Å². The number of hydrogen-bond acceptors (Lipinski definition) is 2. The van der Waals surface area contributed by atoms with Crippen LogP contribution >= 0.6 is 22.6 Å². The summed E-state index contributed by atoms with van der Waals surface area (Å²) in [5.41, 5.74) is -0.576. The second-order valence-corrected chi connectivity index (χ2v) is 5.71. The van der Waals surface area contributed by atoms with Crippen LogP contribution in [0.3, 0.4) is 0 Å². The number of hydrogen-bond donors (Lipinski definition) is 1. The first-order valence-electron chi connectivity index (χ1n) is 6.23. The summed E-state index contributed by atoms with van der Waals surface area (Å²) in [6.45, 7) is 1.85. The Balaban J connectivity index is 2.13. The molecule has 0 saturated carbocycles. The van der Waals surface area contributed by atoms with Crippen LogP contribution in [0.15, 0.2) is 6.20 Å². The lowest BCUT2D eigenvalue weighted by molar-refractivity contribution is -0.116. The number of halogens is 6. The monoisotopic (exact) mass is 445 g/mol. The van der Waals surface area contributed by atoms with Gasteiger partial charge in [0.25, 0.3) is 0 Å². The number of aromatic nitrogens is 2. The van der Waals surface area contributed by atoms with Gasteiger partial charge in [0, 0.05) is 12.1 Å². The van der Waals surface area contributed by atoms with E-state index in [0.29, 0.717) is 0 Å². The SMILES string of the molecule is Cc1c(I)cnn1CCC(=O)Nc1c(F)c(F)c(F)c(F)c1F. The van der Waals surface area contributed by atoms with Crippen LogP contribution in [0.4, 0.5) is 27.6 Å². The molecule has 0 aliphatic rings. The highest BCUT2D eigenvalue weighted by Crippen LogP contribution is 2.27. The molecule has 1 heterocycles. The van der Waals surface area contributed by atoms with Crippen molar-refractivity contribution in [1.82, 2.24) is 9.78 Å². The predicted octanol–water partition coefficient (Wildman–Crippen LogP) is 3.52. The van der Waals surface area contributed by atoms with Crippen molar-refractivity contribution in [2.24, 2.45) is 0 Å². The van der Waals surface area contributed by atoms with E-state index in [2.05, 4.69) is 5.10 Å². The molecule has 0 aliphatic heterocycles. The van der Waals surface area contributed by atoms with Crippen LogP contribution in [0, 0.1) is 39.6 Å². The van der Waals surface area contributed by atoms with E-state index < -0.39 is 40.7 Å². The molecule has 0 aliphatic carbocycles. The zero-order valence-electron chi connectivity index (χ0n) is 11.6. The Kier molecular flexibility index (Phi) is 5.22. The van der Waals surface area contributed by atoms with Gasteiger partial charge in [0.2, 0.25) is 11.7 Å². The maximum atomic E-state index is 13.4. The van der Waals surface area contributed by atoms with Crippen molar-refractivity contribution in [1.29, 1.82) is 0 Å². The minimum absolute atomic E-state index is 0.0933. The average Bonchev–Trinajstić information content (AvgIpc) is 2.85. The van der Waals surface area contributed by atoms with Gasteiger partial charge in [-0.25, -0.2) is 22.0 Å². The third-order valence-corrected chi connectivity index (χ3v) is 4.13. The van der Waals surface area contributed by atoms with E-state index in [-0.39, 0.29) is 13.0 Å². The molecule has 0 unspecified atom stereocenters. The number of rotatable bonds is 4. The predicted molar refractivity (Wildman–Crippen MR) is 79.2 cm³/mol. The summed E-state index contributed by atoms with van der Waals surface area (Å²) in [7, 11) is 0. The lowest BCUT2D eigenvalue weighted by Crippen LogP contribution is -2.19. The molecule has 0 atom stereocenters. The lowest BCUT2D eigenvalue weighted by Gasteiger charge is -2.10. The van der Waals surface area contributed by atoms with Gasteiger partial charge in [0.05, 0.1) is 16.3 Å². The molecule has 1 aromatic carbocycles. The Morgan fingerprint density at radius 2 is 1.65 bits per heavy atom. The summed E-state index contributed by atoms with van der Waals surface area (Å²) in [5, 5.41) is 5.69. The van der Waals surface area contributed by atoms with Crippen molar-refractivity contribution >= 4 is 34.2 Å². The molecular weight excluding hydrogens is 436 g/mol. The fourth-order valence-corrected chi connectivity index (χ4v) is 2.18. The van der Waals surface area contributed by atoms with Crippen LogP contribution < -0.4 is 5.32 Å². The van der Waals surface area contributed by atoms with Crippen molar-refractivity contribution in [2.75, 3.05) is 5.32 Å². The van der Waals surface area contributed by atoms with Gasteiger partial charge >= 0.3 is 0 Å². The molecule has 1 N–H and O–H groups in total. The number of carbonyl (C=O) groups excluding carboxylic acids is 1. The van der Waals surface area contributed by atoms with Crippen LogP contribution in [0.5, 0.6) is 0 Å². The zero-order valence-corrected chi connectivity index (χ0v) is 13.7. The van der Waals surface area contributed by atoms with E-state index in [1.807, 2.05) is 22.6 Å². The number of anilines is 1. The number of nitrogens with one attached hydrogen (secondary N) is 1. The third kappa shape index (κ3) is 3.46. The highest BCUT2D eigenvalue weighted by Gasteiger charge is 2.26. The first-order valence-corrected chi connectivity index (χ1v) is 7.31. The van der Waals surface area contributed by atoms with Crippen molar-refractivity contribution in [3.63, 3.8) is 0 Å². The first kappa shape index (κ1) is 17.6. The van der Waals surface area contributed by atoms with Crippen LogP contribution in [-0.2, 0) is 11.3 Å². The second kappa shape index (κ2) is 6.81. The van der Waals surface area contributed by atoms with Crippen molar-refractivity contribution in [3.8, 4) is 0 Å². The first-order chi connectivity index (χ1) is 10.7. The molecule has 1 aromatic heterocycles. The molecule has 2 aromatic rings. The molecule has 10 heteroatoms. The number of nitrogens with zero attached hydrogens (tertiary/aromatic N) is 2. The van der Waals surface area contributed by atoms with Crippen molar-refractivity contribution in [2.45, 2.75) is 19.9 Å². The quantitative estimate of drug-likeness (QED) is 0.339. The van der Waals surface area contributed by atoms with Gasteiger partial charge in [-0.1, -0.05) is 0 Å². The molecule has 4 nitrogen and oxygen atoms in total. The lowest BCUT2D eigenvalue weighted by atomic mass is 10.2. The molecule has 0 saturated heterocycles. The fourth-order valence-electron chi connectivity index (χ4n) is 1.77. The molecule has 23 heavy (non-hydrogen) atoms. The van der Waals surface area contributed by atoms with Crippen LogP contribution in [0.1, 0.15) is 12.1 Å². The Morgan fingerprint density at radius 1 is 1.13 bits per heavy atom. The summed E-state index contributed by atoms with van der Waals surface area (Å²) in [4.78, 5) is 11.7. The Hall–Kier alpha value is -1.72. The summed E-state index contributed by atoms with van der Waals surface area (Å²) < 4.78 is 68.2. The van der Waals surface area contributed by atoms with Gasteiger partial charge in [-0.3, -0.25) is 9.48 Å². The van der Waals surface area contributed by atoms with E-state index in [9.17, 15) is 26.7 Å². The smallest absolute Gasteiger partial charge is 0.226 e. The van der Waals surface area contributed by atoms with E-state index in [0.717, 1.165) is 9.26 Å². The molecule has 2 rings (SSSR count). The largest absolute Gasteiger partial charge is 0.321 e. The summed E-state index contributed by atoms with van der Waals surface area (Å²) >= 11 is 2.04. The maximum Gasteiger partial charge on any atom is 0.226 e. The Bertz CT molecular complexity index is 748. The molecule has 124 valence electrons. The van der Waals surface area contributed by atoms with Crippen LogP contribution in [0.25, 0.3) is 0 Å². The van der Waals surface area contributed by atoms with Gasteiger partial charge in [0.1, 0.15) is 5.69 Å². The van der Waals surface area contributed by atoms with E-state index in [1.165, 1.54) is 4.68 Å². The Morgan fingerprint density at radius 3 is 2.13 bits per heavy atom. The summed E-state index contributed by atoms with van der Waals surface area (Å²) in [5.74, 6) is -11.6. The molecule has 0 bridgehead atoms. The van der Waals surface area contributed by atoms with Crippen molar-refractivity contribution in [3.05, 3.63) is 44.5 Å². The maximum absolute atomic E-state index is 13.4. The van der Waals surface area contributed by atoms with E-state index in [4.69, 9.17) is 0 Å². The molecule has 0 radical (unpaired) electrons. The van der Waals surface area contributed by atoms with Crippen LogP contribution in [-0.4, -0.2) is 15.7 Å². The minimum Gasteiger partial charge on any atom is -0.321 e. The summed E-state index contributed by atoms with van der Waals surface area (Å²) in [6.07, 6.45) is 1.32. The topological polar surface area (TPSA) is 46.9 Å². The highest BCUT2D eigenvalue weighted by atomic mass is 127. The molecular formula is C13H9F5IN3O. The van der Waals surface area contributed by atoms with Crippen molar-refractivity contribution < 1.29 is 26.7 Å². The average molecular weight is 445 g/mol. The van der Waals surface area contributed by atoms with Gasteiger partial charge in [-0.15, -0.1) is 0 Å². The van der Waals surface area contributed by atoms with E-state index in [1.54, 1.807) is 18.4 Å².